The maximum Gasteiger partial charge on any atom is 0.337 e. The Morgan fingerprint density at radius 3 is 2.46 bits per heavy atom. The van der Waals surface area contributed by atoms with E-state index >= 15 is 0 Å². The molecule has 1 saturated heterocycles. The maximum atomic E-state index is 12.6. The highest BCUT2D eigenvalue weighted by Crippen LogP contribution is 2.25. The molecule has 0 atom stereocenters. The van der Waals surface area contributed by atoms with E-state index in [1.165, 1.54) is 39.2 Å². The number of esters is 1. The summed E-state index contributed by atoms with van der Waals surface area (Å²) in [5.74, 6) is -0.460. The molecular weight excluding hydrogens is 354 g/mol. The summed E-state index contributed by atoms with van der Waals surface area (Å²) in [5.41, 5.74) is 0.781. The summed E-state index contributed by atoms with van der Waals surface area (Å²) in [5, 5.41) is 3.22. The molecule has 1 aromatic rings. The summed E-state index contributed by atoms with van der Waals surface area (Å²) >= 11 is 6.16. The lowest BCUT2D eigenvalue weighted by Gasteiger charge is -2.40. The quantitative estimate of drug-likeness (QED) is 0.815. The topological polar surface area (TPSA) is 61.9 Å². The van der Waals surface area contributed by atoms with Crippen molar-refractivity contribution in [1.82, 2.24) is 9.80 Å². The van der Waals surface area contributed by atoms with Gasteiger partial charge >= 0.3 is 12.0 Å². The van der Waals surface area contributed by atoms with Gasteiger partial charge in [-0.2, -0.15) is 0 Å². The number of methoxy groups -OCH3 is 1. The normalized spacial score (nSPS) is 19.2. The molecule has 1 aliphatic carbocycles. The van der Waals surface area contributed by atoms with Crippen LogP contribution in [0.15, 0.2) is 18.2 Å². The van der Waals surface area contributed by atoms with Gasteiger partial charge in [-0.1, -0.05) is 30.9 Å². The lowest BCUT2D eigenvalue weighted by molar-refractivity contribution is 0.0600. The standard InChI is InChI=1S/C19H26ClN3O3/c1-26-18(24)14-7-8-16(20)17(13-14)21-19(25)23-11-9-22(10-12-23)15-5-3-2-4-6-15/h7-8,13,15H,2-6,9-12H2,1H3,(H,21,25). The van der Waals surface area contributed by atoms with Gasteiger partial charge in [-0.3, -0.25) is 4.90 Å². The molecule has 0 aromatic heterocycles. The molecule has 1 N–H and O–H groups in total. The van der Waals surface area contributed by atoms with Gasteiger partial charge in [0.2, 0.25) is 0 Å². The highest BCUT2D eigenvalue weighted by Gasteiger charge is 2.27. The van der Waals surface area contributed by atoms with Crippen LogP contribution in [0.5, 0.6) is 0 Å². The van der Waals surface area contributed by atoms with Crippen LogP contribution in [0.3, 0.4) is 0 Å². The SMILES string of the molecule is COC(=O)c1ccc(Cl)c(NC(=O)N2CCN(C3CCCCC3)CC2)c1. The molecule has 1 heterocycles. The molecule has 0 bridgehead atoms. The predicted octanol–water partition coefficient (Wildman–Crippen LogP) is 3.61. The van der Waals surface area contributed by atoms with Gasteiger partial charge in [0.25, 0.3) is 0 Å². The van der Waals surface area contributed by atoms with E-state index < -0.39 is 5.97 Å². The van der Waals surface area contributed by atoms with Crippen molar-refractivity contribution in [2.24, 2.45) is 0 Å². The number of carbonyl (C=O) groups is 2. The molecule has 26 heavy (non-hydrogen) atoms. The van der Waals surface area contributed by atoms with Crippen molar-refractivity contribution in [3.8, 4) is 0 Å². The van der Waals surface area contributed by atoms with E-state index in [9.17, 15) is 9.59 Å². The Kier molecular flexibility index (Phi) is 6.38. The van der Waals surface area contributed by atoms with Crippen molar-refractivity contribution >= 4 is 29.3 Å². The Hall–Kier alpha value is -1.79. The molecule has 0 radical (unpaired) electrons. The van der Waals surface area contributed by atoms with Gasteiger partial charge in [0.1, 0.15) is 0 Å². The second-order valence-electron chi connectivity index (χ2n) is 6.93. The molecule has 1 aromatic carbocycles. The minimum Gasteiger partial charge on any atom is -0.465 e. The predicted molar refractivity (Wildman–Crippen MR) is 102 cm³/mol. The second-order valence-corrected chi connectivity index (χ2v) is 7.34. The van der Waals surface area contributed by atoms with Crippen molar-refractivity contribution in [3.05, 3.63) is 28.8 Å². The number of benzene rings is 1. The van der Waals surface area contributed by atoms with Crippen LogP contribution < -0.4 is 5.32 Å². The van der Waals surface area contributed by atoms with Crippen LogP contribution in [0.1, 0.15) is 42.5 Å². The fourth-order valence-corrected chi connectivity index (χ4v) is 3.96. The number of halogens is 1. The van der Waals surface area contributed by atoms with E-state index in [2.05, 4.69) is 10.2 Å². The molecule has 0 unspecified atom stereocenters. The van der Waals surface area contributed by atoms with Crippen LogP contribution in [0.4, 0.5) is 10.5 Å². The fraction of sp³-hybridized carbons (Fsp3) is 0.579. The fourth-order valence-electron chi connectivity index (χ4n) is 3.80. The number of nitrogens with one attached hydrogen (secondary N) is 1. The average Bonchev–Trinajstić information content (AvgIpc) is 2.69. The number of nitrogens with zero attached hydrogens (tertiary/aromatic N) is 2. The highest BCUT2D eigenvalue weighted by atomic mass is 35.5. The summed E-state index contributed by atoms with van der Waals surface area (Å²) in [6, 6.07) is 5.21. The van der Waals surface area contributed by atoms with Gasteiger partial charge < -0.3 is 15.0 Å². The first-order chi connectivity index (χ1) is 12.6. The van der Waals surface area contributed by atoms with E-state index in [0.29, 0.717) is 35.4 Å². The first-order valence-corrected chi connectivity index (χ1v) is 9.64. The van der Waals surface area contributed by atoms with Crippen LogP contribution >= 0.6 is 11.6 Å². The summed E-state index contributed by atoms with van der Waals surface area (Å²) < 4.78 is 4.71. The molecule has 2 fully saturated rings. The van der Waals surface area contributed by atoms with Crippen molar-refractivity contribution in [2.45, 2.75) is 38.1 Å². The van der Waals surface area contributed by atoms with E-state index in [0.717, 1.165) is 13.1 Å². The van der Waals surface area contributed by atoms with Crippen molar-refractivity contribution in [2.75, 3.05) is 38.6 Å². The minimum atomic E-state index is -0.460. The number of amides is 2. The van der Waals surface area contributed by atoms with Crippen LogP contribution in [0.2, 0.25) is 5.02 Å². The molecule has 7 heteroatoms. The van der Waals surface area contributed by atoms with E-state index in [1.807, 2.05) is 0 Å². The van der Waals surface area contributed by atoms with Crippen molar-refractivity contribution in [1.29, 1.82) is 0 Å². The van der Waals surface area contributed by atoms with Gasteiger partial charge in [0.05, 0.1) is 23.4 Å². The Bertz CT molecular complexity index is 653. The smallest absolute Gasteiger partial charge is 0.337 e. The highest BCUT2D eigenvalue weighted by molar-refractivity contribution is 6.33. The first kappa shape index (κ1) is 19.0. The van der Waals surface area contributed by atoms with E-state index in [1.54, 1.807) is 23.1 Å². The molecular formula is C19H26ClN3O3. The third-order valence-corrected chi connectivity index (χ3v) is 5.65. The Labute approximate surface area is 159 Å². The minimum absolute atomic E-state index is 0.183. The molecule has 1 saturated carbocycles. The van der Waals surface area contributed by atoms with Gasteiger partial charge in [-0.25, -0.2) is 9.59 Å². The number of urea groups is 1. The summed E-state index contributed by atoms with van der Waals surface area (Å²) in [6.45, 7) is 3.23. The zero-order chi connectivity index (χ0) is 18.5. The van der Waals surface area contributed by atoms with Crippen LogP contribution in [0.25, 0.3) is 0 Å². The number of carbonyl (C=O) groups excluding carboxylic acids is 2. The zero-order valence-electron chi connectivity index (χ0n) is 15.2. The summed E-state index contributed by atoms with van der Waals surface area (Å²) in [7, 11) is 1.32. The third kappa shape index (κ3) is 4.48. The average molecular weight is 380 g/mol. The molecule has 0 spiro atoms. The number of anilines is 1. The Balaban J connectivity index is 1.56. The number of hydrogen-bond acceptors (Lipinski definition) is 4. The lowest BCUT2D eigenvalue weighted by Crippen LogP contribution is -2.53. The van der Waals surface area contributed by atoms with Crippen LogP contribution in [-0.4, -0.2) is 61.1 Å². The zero-order valence-corrected chi connectivity index (χ0v) is 15.9. The molecule has 2 amide bonds. The maximum absolute atomic E-state index is 12.6. The van der Waals surface area contributed by atoms with Crippen LogP contribution in [-0.2, 0) is 4.74 Å². The van der Waals surface area contributed by atoms with Gasteiger partial charge in [-0.05, 0) is 31.0 Å². The van der Waals surface area contributed by atoms with E-state index in [-0.39, 0.29) is 6.03 Å². The number of rotatable bonds is 3. The van der Waals surface area contributed by atoms with Gasteiger partial charge in [0, 0.05) is 32.2 Å². The summed E-state index contributed by atoms with van der Waals surface area (Å²) in [6.07, 6.45) is 6.55. The largest absolute Gasteiger partial charge is 0.465 e. The van der Waals surface area contributed by atoms with Gasteiger partial charge in [-0.15, -0.1) is 0 Å². The number of ether oxygens (including phenoxy) is 1. The monoisotopic (exact) mass is 379 g/mol. The molecule has 142 valence electrons. The second kappa shape index (κ2) is 8.73. The molecule has 1 aliphatic heterocycles. The molecule has 6 nitrogen and oxygen atoms in total. The molecule has 3 rings (SSSR count). The van der Waals surface area contributed by atoms with Crippen molar-refractivity contribution in [3.63, 3.8) is 0 Å². The summed E-state index contributed by atoms with van der Waals surface area (Å²) in [4.78, 5) is 28.6. The molecule has 2 aliphatic rings. The lowest BCUT2D eigenvalue weighted by atomic mass is 9.94. The third-order valence-electron chi connectivity index (χ3n) is 5.32. The van der Waals surface area contributed by atoms with E-state index in [4.69, 9.17) is 16.3 Å². The first-order valence-electron chi connectivity index (χ1n) is 9.26. The number of hydrogen-bond donors (Lipinski definition) is 1. The number of piperazine rings is 1. The van der Waals surface area contributed by atoms with Gasteiger partial charge in [0.15, 0.2) is 0 Å². The van der Waals surface area contributed by atoms with Crippen LogP contribution in [0, 0.1) is 0 Å². The van der Waals surface area contributed by atoms with Crippen molar-refractivity contribution < 1.29 is 14.3 Å². The Morgan fingerprint density at radius 2 is 1.81 bits per heavy atom. The Morgan fingerprint density at radius 1 is 1.12 bits per heavy atom.